The van der Waals surface area contributed by atoms with Crippen molar-refractivity contribution < 1.29 is 4.39 Å². The maximum absolute atomic E-state index is 14.0. The van der Waals surface area contributed by atoms with Gasteiger partial charge in [0.15, 0.2) is 5.13 Å². The molecule has 0 radical (unpaired) electrons. The summed E-state index contributed by atoms with van der Waals surface area (Å²) in [4.78, 5) is 13.9. The number of hydrogen-bond donors (Lipinski definition) is 2. The van der Waals surface area contributed by atoms with E-state index in [9.17, 15) is 4.39 Å². The van der Waals surface area contributed by atoms with Gasteiger partial charge in [-0.2, -0.15) is 5.10 Å². The molecule has 0 amide bonds. The van der Waals surface area contributed by atoms with Crippen LogP contribution in [0.1, 0.15) is 16.1 Å². The molecule has 0 fully saturated rings. The number of fused-ring (bicyclic) bond motifs is 3. The summed E-state index contributed by atoms with van der Waals surface area (Å²) in [5, 5.41) is 10.6. The molecular formula is C14H13FN6S. The van der Waals surface area contributed by atoms with Crippen LogP contribution in [-0.2, 0) is 12.8 Å². The van der Waals surface area contributed by atoms with E-state index in [1.165, 1.54) is 11.3 Å². The van der Waals surface area contributed by atoms with Crippen LogP contribution in [-0.4, -0.2) is 31.3 Å². The minimum Gasteiger partial charge on any atom is -0.300 e. The van der Waals surface area contributed by atoms with Crippen LogP contribution in [0.15, 0.2) is 18.6 Å². The van der Waals surface area contributed by atoms with Gasteiger partial charge in [-0.15, -0.1) is 11.3 Å². The minimum atomic E-state index is -0.927. The standard InChI is InChI=1S/C14H13FN6S/c1-7-4-16-13(17-5-7)20-14-19-12-9-6-18-21-10(9)2-8(15)3-11(12)22-14/h4-6,8H,2-3H2,1H3,(H,18,21)(H,16,17,19,20). The largest absolute Gasteiger partial charge is 0.300 e. The zero-order valence-corrected chi connectivity index (χ0v) is 12.6. The summed E-state index contributed by atoms with van der Waals surface area (Å²) in [6.07, 6.45) is 4.97. The third-order valence-electron chi connectivity index (χ3n) is 3.50. The number of aryl methyl sites for hydroxylation is 1. The highest BCUT2D eigenvalue weighted by Gasteiger charge is 2.26. The van der Waals surface area contributed by atoms with Gasteiger partial charge < -0.3 is 5.32 Å². The van der Waals surface area contributed by atoms with Crippen LogP contribution < -0.4 is 5.32 Å². The molecule has 0 aliphatic heterocycles. The van der Waals surface area contributed by atoms with E-state index in [1.54, 1.807) is 18.6 Å². The van der Waals surface area contributed by atoms with E-state index in [0.717, 1.165) is 27.4 Å². The summed E-state index contributed by atoms with van der Waals surface area (Å²) in [6, 6.07) is 0. The molecule has 2 N–H and O–H groups in total. The predicted molar refractivity (Wildman–Crippen MR) is 82.1 cm³/mol. The molecule has 3 aromatic rings. The first-order valence-electron chi connectivity index (χ1n) is 6.91. The van der Waals surface area contributed by atoms with Crippen molar-refractivity contribution in [2.45, 2.75) is 25.9 Å². The second-order valence-corrected chi connectivity index (χ2v) is 6.35. The zero-order valence-electron chi connectivity index (χ0n) is 11.8. The average molecular weight is 316 g/mol. The third kappa shape index (κ3) is 2.35. The molecular weight excluding hydrogens is 303 g/mol. The van der Waals surface area contributed by atoms with Gasteiger partial charge in [0.05, 0.1) is 11.9 Å². The van der Waals surface area contributed by atoms with Gasteiger partial charge in [0.1, 0.15) is 6.17 Å². The molecule has 1 unspecified atom stereocenters. The lowest BCUT2D eigenvalue weighted by Crippen LogP contribution is -2.06. The quantitative estimate of drug-likeness (QED) is 0.760. The van der Waals surface area contributed by atoms with Crippen LogP contribution in [0.25, 0.3) is 11.3 Å². The molecule has 0 aromatic carbocycles. The highest BCUT2D eigenvalue weighted by atomic mass is 32.1. The summed E-state index contributed by atoms with van der Waals surface area (Å²) in [5.41, 5.74) is 3.46. The van der Waals surface area contributed by atoms with Gasteiger partial charge in [0.2, 0.25) is 5.95 Å². The van der Waals surface area contributed by atoms with E-state index < -0.39 is 6.17 Å². The molecule has 0 spiro atoms. The lowest BCUT2D eigenvalue weighted by atomic mass is 10.1. The molecule has 1 aliphatic carbocycles. The van der Waals surface area contributed by atoms with Crippen LogP contribution in [0.5, 0.6) is 0 Å². The van der Waals surface area contributed by atoms with Gasteiger partial charge >= 0.3 is 0 Å². The Morgan fingerprint density at radius 3 is 2.91 bits per heavy atom. The van der Waals surface area contributed by atoms with E-state index in [-0.39, 0.29) is 0 Å². The van der Waals surface area contributed by atoms with Gasteiger partial charge in [-0.05, 0) is 12.5 Å². The normalized spacial score (nSPS) is 16.7. The van der Waals surface area contributed by atoms with Crippen LogP contribution >= 0.6 is 11.3 Å². The molecule has 3 heterocycles. The first-order valence-corrected chi connectivity index (χ1v) is 7.73. The highest BCUT2D eigenvalue weighted by Crippen LogP contribution is 2.37. The molecule has 6 nitrogen and oxygen atoms in total. The van der Waals surface area contributed by atoms with Gasteiger partial charge in [0.25, 0.3) is 0 Å². The summed E-state index contributed by atoms with van der Waals surface area (Å²) in [5.74, 6) is 0.485. The molecule has 3 aromatic heterocycles. The Balaban J connectivity index is 1.70. The van der Waals surface area contributed by atoms with Crippen molar-refractivity contribution in [3.8, 4) is 11.3 Å². The van der Waals surface area contributed by atoms with Crippen molar-refractivity contribution >= 4 is 22.4 Å². The summed E-state index contributed by atoms with van der Waals surface area (Å²) >= 11 is 1.43. The Bertz CT molecular complexity index is 809. The van der Waals surface area contributed by atoms with Gasteiger partial charge in [0, 0.05) is 41.4 Å². The molecule has 4 rings (SSSR count). The zero-order chi connectivity index (χ0) is 15.1. The van der Waals surface area contributed by atoms with E-state index in [4.69, 9.17) is 0 Å². The molecule has 0 bridgehead atoms. The van der Waals surface area contributed by atoms with Crippen LogP contribution in [0.3, 0.4) is 0 Å². The fourth-order valence-corrected chi connectivity index (χ4v) is 3.50. The van der Waals surface area contributed by atoms with Crippen LogP contribution in [0, 0.1) is 6.92 Å². The second kappa shape index (κ2) is 5.13. The minimum absolute atomic E-state index is 0.349. The van der Waals surface area contributed by atoms with Crippen molar-refractivity contribution in [3.05, 3.63) is 34.7 Å². The lowest BCUT2D eigenvalue weighted by Gasteiger charge is -2.02. The van der Waals surface area contributed by atoms with Crippen LogP contribution in [0.2, 0.25) is 0 Å². The van der Waals surface area contributed by atoms with Gasteiger partial charge in [-0.1, -0.05) is 0 Å². The summed E-state index contributed by atoms with van der Waals surface area (Å²) in [7, 11) is 0. The van der Waals surface area contributed by atoms with E-state index >= 15 is 0 Å². The number of nitrogens with zero attached hydrogens (tertiary/aromatic N) is 4. The number of anilines is 2. The fraction of sp³-hybridized carbons (Fsp3) is 0.286. The smallest absolute Gasteiger partial charge is 0.228 e. The monoisotopic (exact) mass is 316 g/mol. The Morgan fingerprint density at radius 2 is 2.09 bits per heavy atom. The Labute approximate surface area is 129 Å². The number of alkyl halides is 1. The number of nitrogens with one attached hydrogen (secondary N) is 2. The van der Waals surface area contributed by atoms with Crippen molar-refractivity contribution in [1.82, 2.24) is 25.1 Å². The Hall–Kier alpha value is -2.35. The number of aromatic amines is 1. The van der Waals surface area contributed by atoms with Gasteiger partial charge in [-0.25, -0.2) is 19.3 Å². The first kappa shape index (κ1) is 13.3. The highest BCUT2D eigenvalue weighted by molar-refractivity contribution is 7.16. The SMILES string of the molecule is Cc1cnc(Nc2nc3c(s2)CC(F)Cc2[nH]ncc2-3)nc1. The molecule has 0 saturated heterocycles. The number of hydrogen-bond acceptors (Lipinski definition) is 6. The fourth-order valence-electron chi connectivity index (χ4n) is 2.47. The van der Waals surface area contributed by atoms with E-state index in [0.29, 0.717) is 23.9 Å². The molecule has 1 aliphatic rings. The molecule has 1 atom stereocenters. The summed E-state index contributed by atoms with van der Waals surface area (Å²) in [6.45, 7) is 1.93. The number of H-pyrrole nitrogens is 1. The third-order valence-corrected chi connectivity index (χ3v) is 4.50. The molecule has 22 heavy (non-hydrogen) atoms. The average Bonchev–Trinajstić information content (AvgIpc) is 3.06. The first-order chi connectivity index (χ1) is 10.7. The molecule has 0 saturated carbocycles. The van der Waals surface area contributed by atoms with Crippen molar-refractivity contribution in [1.29, 1.82) is 0 Å². The predicted octanol–water partition coefficient (Wildman–Crippen LogP) is 2.81. The van der Waals surface area contributed by atoms with Crippen LogP contribution in [0.4, 0.5) is 15.5 Å². The lowest BCUT2D eigenvalue weighted by molar-refractivity contribution is 0.331. The maximum atomic E-state index is 14.0. The van der Waals surface area contributed by atoms with Gasteiger partial charge in [-0.3, -0.25) is 5.10 Å². The number of rotatable bonds is 2. The Morgan fingerprint density at radius 1 is 1.27 bits per heavy atom. The topological polar surface area (TPSA) is 79.4 Å². The maximum Gasteiger partial charge on any atom is 0.228 e. The van der Waals surface area contributed by atoms with Crippen molar-refractivity contribution in [2.75, 3.05) is 5.32 Å². The number of thiazole rings is 1. The van der Waals surface area contributed by atoms with Crippen molar-refractivity contribution in [2.24, 2.45) is 0 Å². The summed E-state index contributed by atoms with van der Waals surface area (Å²) < 4.78 is 14.0. The van der Waals surface area contributed by atoms with E-state index in [2.05, 4.69) is 30.5 Å². The Kier molecular flexibility index (Phi) is 3.11. The molecule has 8 heteroatoms. The number of halogens is 1. The van der Waals surface area contributed by atoms with E-state index in [1.807, 2.05) is 6.92 Å². The second-order valence-electron chi connectivity index (χ2n) is 5.27. The van der Waals surface area contributed by atoms with Crippen molar-refractivity contribution in [3.63, 3.8) is 0 Å². The molecule has 112 valence electrons. The number of aromatic nitrogens is 5.